The van der Waals surface area contributed by atoms with Gasteiger partial charge in [0.2, 0.25) is 5.91 Å². The predicted molar refractivity (Wildman–Crippen MR) is 70.5 cm³/mol. The van der Waals surface area contributed by atoms with Crippen molar-refractivity contribution in [3.05, 3.63) is 17.0 Å². The van der Waals surface area contributed by atoms with Gasteiger partial charge in [-0.1, -0.05) is 5.16 Å². The van der Waals surface area contributed by atoms with Crippen LogP contribution in [-0.4, -0.2) is 24.2 Å². The molecule has 2 heterocycles. The number of hydrogen-bond donors (Lipinski definition) is 2. The Kier molecular flexibility index (Phi) is 3.09. The van der Waals surface area contributed by atoms with E-state index in [9.17, 15) is 4.79 Å². The number of hydrogen-bond acceptors (Lipinski definition) is 4. The molecule has 1 aliphatic heterocycles. The molecule has 1 aliphatic carbocycles. The molecule has 2 fully saturated rings. The number of amides is 1. The molecule has 5 heteroatoms. The fourth-order valence-electron chi connectivity index (χ4n) is 3.25. The van der Waals surface area contributed by atoms with Crippen LogP contribution in [0, 0.1) is 25.2 Å². The number of rotatable bonds is 3. The third-order valence-electron chi connectivity index (χ3n) is 4.73. The van der Waals surface area contributed by atoms with Crippen molar-refractivity contribution in [3.8, 4) is 0 Å². The molecular weight excluding hydrogens is 242 g/mol. The van der Waals surface area contributed by atoms with Crippen molar-refractivity contribution in [1.82, 2.24) is 15.8 Å². The van der Waals surface area contributed by atoms with E-state index in [1.165, 1.54) is 0 Å². The molecule has 3 rings (SSSR count). The zero-order valence-electron chi connectivity index (χ0n) is 11.6. The van der Waals surface area contributed by atoms with Crippen LogP contribution in [0.5, 0.6) is 0 Å². The summed E-state index contributed by atoms with van der Waals surface area (Å²) in [5.41, 5.74) is 2.17. The summed E-state index contributed by atoms with van der Waals surface area (Å²) in [6, 6.07) is 0. The molecule has 1 spiro atoms. The van der Waals surface area contributed by atoms with Crippen molar-refractivity contribution < 1.29 is 9.32 Å². The number of carbonyl (C=O) groups is 1. The minimum absolute atomic E-state index is 0.196. The minimum atomic E-state index is 0.196. The summed E-state index contributed by atoms with van der Waals surface area (Å²) in [5.74, 6) is 1.21. The predicted octanol–water partition coefficient (Wildman–Crippen LogP) is 1.30. The van der Waals surface area contributed by atoms with E-state index in [1.54, 1.807) is 0 Å². The van der Waals surface area contributed by atoms with Crippen LogP contribution in [0.25, 0.3) is 0 Å². The fourth-order valence-corrected chi connectivity index (χ4v) is 3.25. The quantitative estimate of drug-likeness (QED) is 0.862. The topological polar surface area (TPSA) is 67.2 Å². The van der Waals surface area contributed by atoms with Crippen LogP contribution in [0.1, 0.15) is 36.3 Å². The molecule has 1 unspecified atom stereocenters. The Hall–Kier alpha value is -1.36. The third kappa shape index (κ3) is 2.27. The lowest BCUT2D eigenvalue weighted by Gasteiger charge is -2.23. The first kappa shape index (κ1) is 12.7. The lowest BCUT2D eigenvalue weighted by molar-refractivity contribution is -0.123. The largest absolute Gasteiger partial charge is 0.361 e. The molecule has 0 bridgehead atoms. The van der Waals surface area contributed by atoms with Crippen LogP contribution in [-0.2, 0) is 11.3 Å². The van der Waals surface area contributed by atoms with Crippen molar-refractivity contribution in [1.29, 1.82) is 0 Å². The van der Waals surface area contributed by atoms with Gasteiger partial charge in [-0.15, -0.1) is 0 Å². The van der Waals surface area contributed by atoms with Gasteiger partial charge in [-0.3, -0.25) is 4.79 Å². The van der Waals surface area contributed by atoms with Crippen molar-refractivity contribution in [2.75, 3.05) is 13.1 Å². The molecule has 1 amide bonds. The SMILES string of the molecule is Cc1noc(C)c1CNC(=O)C1CC12CCNCC2. The normalized spacial score (nSPS) is 24.4. The van der Waals surface area contributed by atoms with Gasteiger partial charge in [-0.2, -0.15) is 0 Å². The summed E-state index contributed by atoms with van der Waals surface area (Å²) in [4.78, 5) is 12.2. The number of nitrogens with one attached hydrogen (secondary N) is 2. The molecule has 1 saturated carbocycles. The standard InChI is InChI=1S/C14H21N3O2/c1-9-11(10(2)19-17-9)8-16-13(18)12-7-14(12)3-5-15-6-4-14/h12,15H,3-8H2,1-2H3,(H,16,18). The highest BCUT2D eigenvalue weighted by molar-refractivity contribution is 5.82. The van der Waals surface area contributed by atoms with Crippen LogP contribution >= 0.6 is 0 Å². The first-order chi connectivity index (χ1) is 9.12. The van der Waals surface area contributed by atoms with E-state index in [-0.39, 0.29) is 11.8 Å². The zero-order chi connectivity index (χ0) is 13.5. The second-order valence-corrected chi connectivity index (χ2v) is 5.89. The van der Waals surface area contributed by atoms with Gasteiger partial charge in [-0.05, 0) is 51.6 Å². The number of piperidine rings is 1. The highest BCUT2D eigenvalue weighted by atomic mass is 16.5. The average Bonchev–Trinajstić information content (AvgIpc) is 3.00. The Morgan fingerprint density at radius 2 is 2.21 bits per heavy atom. The molecule has 2 aliphatic rings. The molecule has 0 radical (unpaired) electrons. The monoisotopic (exact) mass is 263 g/mol. The van der Waals surface area contributed by atoms with E-state index in [4.69, 9.17) is 4.52 Å². The molecule has 0 aromatic carbocycles. The van der Waals surface area contributed by atoms with E-state index in [2.05, 4.69) is 15.8 Å². The lowest BCUT2D eigenvalue weighted by atomic mass is 9.92. The Balaban J connectivity index is 1.56. The van der Waals surface area contributed by atoms with Gasteiger partial charge in [0.25, 0.3) is 0 Å². The van der Waals surface area contributed by atoms with Crippen molar-refractivity contribution >= 4 is 5.91 Å². The Morgan fingerprint density at radius 3 is 2.84 bits per heavy atom. The van der Waals surface area contributed by atoms with Gasteiger partial charge >= 0.3 is 0 Å². The number of aryl methyl sites for hydroxylation is 2. The van der Waals surface area contributed by atoms with E-state index >= 15 is 0 Å². The van der Waals surface area contributed by atoms with Crippen LogP contribution in [0.2, 0.25) is 0 Å². The first-order valence-electron chi connectivity index (χ1n) is 7.02. The highest BCUT2D eigenvalue weighted by Gasteiger charge is 2.57. The van der Waals surface area contributed by atoms with Gasteiger partial charge < -0.3 is 15.2 Å². The van der Waals surface area contributed by atoms with Gasteiger partial charge in [0.1, 0.15) is 5.76 Å². The molecule has 1 aromatic heterocycles. The maximum atomic E-state index is 12.2. The maximum Gasteiger partial charge on any atom is 0.223 e. The van der Waals surface area contributed by atoms with Crippen molar-refractivity contribution in [3.63, 3.8) is 0 Å². The van der Waals surface area contributed by atoms with Crippen molar-refractivity contribution in [2.24, 2.45) is 11.3 Å². The molecule has 1 aromatic rings. The Bertz CT molecular complexity index is 469. The van der Waals surface area contributed by atoms with Gasteiger partial charge in [0, 0.05) is 18.0 Å². The Labute approximate surface area is 113 Å². The summed E-state index contributed by atoms with van der Waals surface area (Å²) in [6.45, 7) is 6.42. The molecule has 19 heavy (non-hydrogen) atoms. The van der Waals surface area contributed by atoms with Gasteiger partial charge in [0.15, 0.2) is 0 Å². The first-order valence-corrected chi connectivity index (χ1v) is 7.02. The Morgan fingerprint density at radius 1 is 1.47 bits per heavy atom. The van der Waals surface area contributed by atoms with Crippen LogP contribution < -0.4 is 10.6 Å². The smallest absolute Gasteiger partial charge is 0.223 e. The average molecular weight is 263 g/mol. The van der Waals surface area contributed by atoms with E-state index < -0.39 is 0 Å². The van der Waals surface area contributed by atoms with E-state index in [1.807, 2.05) is 13.8 Å². The summed E-state index contributed by atoms with van der Waals surface area (Å²) < 4.78 is 5.10. The summed E-state index contributed by atoms with van der Waals surface area (Å²) in [5, 5.41) is 10.3. The minimum Gasteiger partial charge on any atom is -0.361 e. The summed E-state index contributed by atoms with van der Waals surface area (Å²) in [6.07, 6.45) is 3.33. The molecule has 104 valence electrons. The molecule has 5 nitrogen and oxygen atoms in total. The second-order valence-electron chi connectivity index (χ2n) is 5.89. The fraction of sp³-hybridized carbons (Fsp3) is 0.714. The summed E-state index contributed by atoms with van der Waals surface area (Å²) in [7, 11) is 0. The zero-order valence-corrected chi connectivity index (χ0v) is 11.6. The second kappa shape index (κ2) is 4.63. The van der Waals surface area contributed by atoms with Crippen LogP contribution in [0.3, 0.4) is 0 Å². The maximum absolute atomic E-state index is 12.2. The number of nitrogens with zero attached hydrogens (tertiary/aromatic N) is 1. The molecule has 2 N–H and O–H groups in total. The molecular formula is C14H21N3O2. The molecule has 1 atom stereocenters. The summed E-state index contributed by atoms with van der Waals surface area (Å²) >= 11 is 0. The van der Waals surface area contributed by atoms with E-state index in [0.29, 0.717) is 12.0 Å². The van der Waals surface area contributed by atoms with Gasteiger partial charge in [-0.25, -0.2) is 0 Å². The highest BCUT2D eigenvalue weighted by Crippen LogP contribution is 2.58. The number of aromatic nitrogens is 1. The van der Waals surface area contributed by atoms with Crippen LogP contribution in [0.4, 0.5) is 0 Å². The van der Waals surface area contributed by atoms with E-state index in [0.717, 1.165) is 49.4 Å². The lowest BCUT2D eigenvalue weighted by Crippen LogP contribution is -2.33. The van der Waals surface area contributed by atoms with Gasteiger partial charge in [0.05, 0.1) is 5.69 Å². The third-order valence-corrected chi connectivity index (χ3v) is 4.73. The van der Waals surface area contributed by atoms with Crippen molar-refractivity contribution in [2.45, 2.75) is 39.7 Å². The molecule has 1 saturated heterocycles. The van der Waals surface area contributed by atoms with Crippen LogP contribution in [0.15, 0.2) is 4.52 Å². The number of carbonyl (C=O) groups excluding carboxylic acids is 1.